The third-order valence-electron chi connectivity index (χ3n) is 1.90. The molecular formula is C7H11BrN2O3. The maximum Gasteiger partial charge on any atom is 0.322 e. The Morgan fingerprint density at radius 2 is 2.31 bits per heavy atom. The van der Waals surface area contributed by atoms with Crippen LogP contribution in [-0.2, 0) is 9.59 Å². The Labute approximate surface area is 84.4 Å². The Balaban J connectivity index is 2.34. The van der Waals surface area contributed by atoms with Gasteiger partial charge in [0.05, 0.1) is 6.04 Å². The molecule has 0 radical (unpaired) electrons. The van der Waals surface area contributed by atoms with Gasteiger partial charge in [0.25, 0.3) is 0 Å². The molecule has 1 aliphatic heterocycles. The summed E-state index contributed by atoms with van der Waals surface area (Å²) in [5.41, 5.74) is 0. The molecule has 0 unspecified atom stereocenters. The molecule has 1 aliphatic rings. The van der Waals surface area contributed by atoms with Crippen LogP contribution in [0, 0.1) is 0 Å². The number of amides is 1. The van der Waals surface area contributed by atoms with E-state index in [2.05, 4.69) is 21.5 Å². The quantitative estimate of drug-likeness (QED) is 0.690. The van der Waals surface area contributed by atoms with Crippen LogP contribution < -0.4 is 5.32 Å². The molecule has 0 bridgehead atoms. The van der Waals surface area contributed by atoms with Crippen molar-refractivity contribution in [2.24, 2.45) is 0 Å². The van der Waals surface area contributed by atoms with Gasteiger partial charge in [-0.15, -0.1) is 0 Å². The molecule has 0 aromatic rings. The number of carboxylic acid groups (broad SMARTS) is 1. The van der Waals surface area contributed by atoms with Gasteiger partial charge in [0, 0.05) is 22.7 Å². The molecule has 1 fully saturated rings. The third kappa shape index (κ3) is 2.96. The van der Waals surface area contributed by atoms with Crippen molar-refractivity contribution in [3.63, 3.8) is 0 Å². The van der Waals surface area contributed by atoms with Gasteiger partial charge in [-0.25, -0.2) is 3.93 Å². The van der Waals surface area contributed by atoms with Crippen molar-refractivity contribution in [2.75, 3.05) is 13.1 Å². The van der Waals surface area contributed by atoms with Gasteiger partial charge in [-0.3, -0.25) is 9.59 Å². The maximum absolute atomic E-state index is 11.3. The van der Waals surface area contributed by atoms with E-state index in [-0.39, 0.29) is 18.5 Å². The highest BCUT2D eigenvalue weighted by Gasteiger charge is 2.28. The summed E-state index contributed by atoms with van der Waals surface area (Å²) in [5.74, 6) is -1.25. The first-order chi connectivity index (χ1) is 6.11. The third-order valence-corrected chi connectivity index (χ3v) is 2.75. The van der Waals surface area contributed by atoms with E-state index in [0.29, 0.717) is 0 Å². The van der Waals surface area contributed by atoms with E-state index in [0.717, 1.165) is 19.4 Å². The normalized spacial score (nSPS) is 23.0. The second kappa shape index (κ2) is 4.57. The van der Waals surface area contributed by atoms with Gasteiger partial charge in [-0.1, -0.05) is 0 Å². The molecule has 0 saturated carbocycles. The molecule has 0 aromatic carbocycles. The van der Waals surface area contributed by atoms with Crippen LogP contribution in [0.1, 0.15) is 12.8 Å². The molecule has 5 nitrogen and oxygen atoms in total. The van der Waals surface area contributed by atoms with Crippen molar-refractivity contribution in [2.45, 2.75) is 18.9 Å². The molecule has 0 aromatic heterocycles. The number of nitrogens with one attached hydrogen (secondary N) is 1. The topological polar surface area (TPSA) is 69.6 Å². The SMILES string of the molecule is O=C(O)CNC(=O)[C@@H]1CCCN1Br. The number of rotatable bonds is 3. The largest absolute Gasteiger partial charge is 0.480 e. The van der Waals surface area contributed by atoms with E-state index in [9.17, 15) is 9.59 Å². The standard InChI is InChI=1S/C7H11BrN2O3/c8-10-3-1-2-5(10)7(13)9-4-6(11)12/h5H,1-4H2,(H,9,13)(H,11,12)/t5-/m0/s1. The van der Waals surface area contributed by atoms with Gasteiger partial charge < -0.3 is 10.4 Å². The van der Waals surface area contributed by atoms with Crippen LogP contribution in [0.4, 0.5) is 0 Å². The molecule has 0 aliphatic carbocycles. The van der Waals surface area contributed by atoms with Crippen molar-refractivity contribution in [3.8, 4) is 0 Å². The summed E-state index contributed by atoms with van der Waals surface area (Å²) < 4.78 is 1.75. The summed E-state index contributed by atoms with van der Waals surface area (Å²) in [6, 6.07) is -0.223. The van der Waals surface area contributed by atoms with E-state index in [1.54, 1.807) is 3.93 Å². The number of aliphatic carboxylic acids is 1. The molecule has 1 heterocycles. The summed E-state index contributed by atoms with van der Waals surface area (Å²) in [6.45, 7) is 0.515. The van der Waals surface area contributed by atoms with Crippen LogP contribution in [-0.4, -0.2) is 40.0 Å². The number of carboxylic acids is 1. The van der Waals surface area contributed by atoms with Crippen molar-refractivity contribution in [1.29, 1.82) is 0 Å². The van der Waals surface area contributed by atoms with Crippen LogP contribution >= 0.6 is 16.1 Å². The lowest BCUT2D eigenvalue weighted by atomic mass is 10.2. The summed E-state index contributed by atoms with van der Waals surface area (Å²) in [6.07, 6.45) is 1.73. The lowest BCUT2D eigenvalue weighted by molar-refractivity contribution is -0.138. The van der Waals surface area contributed by atoms with Crippen LogP contribution in [0.5, 0.6) is 0 Å². The zero-order valence-corrected chi connectivity index (χ0v) is 8.58. The lowest BCUT2D eigenvalue weighted by Gasteiger charge is -2.15. The first kappa shape index (κ1) is 10.5. The molecule has 13 heavy (non-hydrogen) atoms. The number of hydrogen-bond donors (Lipinski definition) is 2. The highest BCUT2D eigenvalue weighted by Crippen LogP contribution is 2.20. The minimum Gasteiger partial charge on any atom is -0.480 e. The molecule has 1 saturated heterocycles. The monoisotopic (exact) mass is 250 g/mol. The van der Waals surface area contributed by atoms with Crippen LogP contribution in [0.25, 0.3) is 0 Å². The Kier molecular flexibility index (Phi) is 3.68. The Bertz CT molecular complexity index is 222. The first-order valence-corrected chi connectivity index (χ1v) is 4.74. The Morgan fingerprint density at radius 3 is 2.77 bits per heavy atom. The lowest BCUT2D eigenvalue weighted by Crippen LogP contribution is -2.41. The van der Waals surface area contributed by atoms with Crippen LogP contribution in [0.3, 0.4) is 0 Å². The van der Waals surface area contributed by atoms with E-state index in [1.807, 2.05) is 0 Å². The number of halogens is 1. The molecular weight excluding hydrogens is 240 g/mol. The first-order valence-electron chi connectivity index (χ1n) is 4.03. The van der Waals surface area contributed by atoms with Crippen molar-refractivity contribution < 1.29 is 14.7 Å². The molecule has 74 valence electrons. The second-order valence-electron chi connectivity index (χ2n) is 2.89. The Hall–Kier alpha value is -0.620. The highest BCUT2D eigenvalue weighted by atomic mass is 79.9. The molecule has 0 spiro atoms. The second-order valence-corrected chi connectivity index (χ2v) is 3.80. The average Bonchev–Trinajstić information content (AvgIpc) is 2.47. The van der Waals surface area contributed by atoms with Gasteiger partial charge in [-0.2, -0.15) is 0 Å². The highest BCUT2D eigenvalue weighted by molar-refractivity contribution is 9.07. The van der Waals surface area contributed by atoms with Crippen LogP contribution in [0.2, 0.25) is 0 Å². The van der Waals surface area contributed by atoms with E-state index < -0.39 is 5.97 Å². The van der Waals surface area contributed by atoms with Gasteiger partial charge >= 0.3 is 5.97 Å². The van der Waals surface area contributed by atoms with Gasteiger partial charge in [0.2, 0.25) is 5.91 Å². The predicted octanol–water partition coefficient (Wildman–Crippen LogP) is -0.0385. The molecule has 6 heteroatoms. The van der Waals surface area contributed by atoms with Gasteiger partial charge in [0.15, 0.2) is 0 Å². The Morgan fingerprint density at radius 1 is 1.62 bits per heavy atom. The minimum absolute atomic E-state index is 0.223. The zero-order valence-electron chi connectivity index (χ0n) is 6.99. The molecule has 1 atom stereocenters. The zero-order chi connectivity index (χ0) is 9.84. The van der Waals surface area contributed by atoms with E-state index in [4.69, 9.17) is 5.11 Å². The summed E-state index contributed by atoms with van der Waals surface area (Å²) in [5, 5.41) is 10.7. The molecule has 2 N–H and O–H groups in total. The number of carbonyl (C=O) groups excluding carboxylic acids is 1. The molecule has 1 amide bonds. The minimum atomic E-state index is -1.02. The van der Waals surface area contributed by atoms with Crippen molar-refractivity contribution >= 4 is 28.0 Å². The predicted molar refractivity (Wildman–Crippen MR) is 49.3 cm³/mol. The van der Waals surface area contributed by atoms with Crippen molar-refractivity contribution in [1.82, 2.24) is 9.24 Å². The fourth-order valence-corrected chi connectivity index (χ4v) is 1.91. The molecule has 1 rings (SSSR count). The number of carbonyl (C=O) groups is 2. The number of nitrogens with zero attached hydrogens (tertiary/aromatic N) is 1. The smallest absolute Gasteiger partial charge is 0.322 e. The van der Waals surface area contributed by atoms with E-state index in [1.165, 1.54) is 0 Å². The van der Waals surface area contributed by atoms with Gasteiger partial charge in [-0.05, 0) is 12.8 Å². The van der Waals surface area contributed by atoms with Crippen LogP contribution in [0.15, 0.2) is 0 Å². The summed E-state index contributed by atoms with van der Waals surface area (Å²) in [7, 11) is 0. The van der Waals surface area contributed by atoms with Crippen molar-refractivity contribution in [3.05, 3.63) is 0 Å². The fourth-order valence-electron chi connectivity index (χ4n) is 1.27. The number of hydrogen-bond acceptors (Lipinski definition) is 3. The van der Waals surface area contributed by atoms with E-state index >= 15 is 0 Å². The summed E-state index contributed by atoms with van der Waals surface area (Å²) >= 11 is 3.24. The summed E-state index contributed by atoms with van der Waals surface area (Å²) in [4.78, 5) is 21.5. The van der Waals surface area contributed by atoms with Gasteiger partial charge in [0.1, 0.15) is 6.54 Å². The average molecular weight is 251 g/mol. The maximum atomic E-state index is 11.3. The fraction of sp³-hybridized carbons (Fsp3) is 0.714.